The third kappa shape index (κ3) is 3.71. The predicted octanol–water partition coefficient (Wildman–Crippen LogP) is 4.59. The summed E-state index contributed by atoms with van der Waals surface area (Å²) in [7, 11) is 0. The van der Waals surface area contributed by atoms with Crippen LogP contribution in [0, 0.1) is 0 Å². The number of halogens is 3. The van der Waals surface area contributed by atoms with Crippen molar-refractivity contribution >= 4 is 57.6 Å². The molecule has 4 rings (SSSR count). The molecule has 30 heavy (non-hydrogen) atoms. The number of guanidine groups is 1. The van der Waals surface area contributed by atoms with Crippen LogP contribution in [0.2, 0.25) is 15.1 Å². The minimum atomic E-state index is -0.910. The van der Waals surface area contributed by atoms with Crippen LogP contribution in [0.15, 0.2) is 41.4 Å². The van der Waals surface area contributed by atoms with Gasteiger partial charge in [-0.25, -0.2) is 4.99 Å². The number of H-pyrrole nitrogens is 1. The molecule has 1 aliphatic rings. The molecule has 1 aromatic heterocycles. The van der Waals surface area contributed by atoms with Gasteiger partial charge in [0.2, 0.25) is 0 Å². The Bertz CT molecular complexity index is 1170. The Morgan fingerprint density at radius 2 is 1.93 bits per heavy atom. The van der Waals surface area contributed by atoms with Crippen LogP contribution in [0.4, 0.5) is 0 Å². The summed E-state index contributed by atoms with van der Waals surface area (Å²) >= 11 is 18.4. The SMILES string of the molecule is CC1c2[nH]c3ccc(Cl)cc3c2CCN1C(=O)C(N=C(N)N)c1ccc(Cl)c(Cl)c1. The first-order valence-corrected chi connectivity index (χ1v) is 10.5. The topological polar surface area (TPSA) is 100 Å². The Hall–Kier alpha value is -2.41. The van der Waals surface area contributed by atoms with Crippen LogP contribution in [0.5, 0.6) is 0 Å². The smallest absolute Gasteiger partial charge is 0.252 e. The van der Waals surface area contributed by atoms with E-state index in [0.29, 0.717) is 33.6 Å². The molecule has 3 aromatic rings. The zero-order chi connectivity index (χ0) is 21.6. The highest BCUT2D eigenvalue weighted by atomic mass is 35.5. The summed E-state index contributed by atoms with van der Waals surface area (Å²) in [5, 5.41) is 2.49. The maximum Gasteiger partial charge on any atom is 0.252 e. The molecule has 2 unspecified atom stereocenters. The number of aromatic nitrogens is 1. The van der Waals surface area contributed by atoms with Crippen molar-refractivity contribution in [3.63, 3.8) is 0 Å². The first-order valence-electron chi connectivity index (χ1n) is 9.40. The monoisotopic (exact) mass is 463 g/mol. The lowest BCUT2D eigenvalue weighted by Crippen LogP contribution is -2.42. The molecular weight excluding hydrogens is 445 g/mol. The highest BCUT2D eigenvalue weighted by molar-refractivity contribution is 6.42. The first kappa shape index (κ1) is 20.8. The molecule has 5 N–H and O–H groups in total. The van der Waals surface area contributed by atoms with Crippen molar-refractivity contribution in [2.75, 3.05) is 6.54 Å². The molecule has 2 heterocycles. The molecule has 9 heteroatoms. The number of fused-ring (bicyclic) bond motifs is 3. The quantitative estimate of drug-likeness (QED) is 0.390. The zero-order valence-electron chi connectivity index (χ0n) is 16.1. The molecule has 6 nitrogen and oxygen atoms in total. The van der Waals surface area contributed by atoms with Crippen LogP contribution in [-0.4, -0.2) is 28.3 Å². The molecule has 0 bridgehead atoms. The number of carbonyl (C=O) groups is 1. The molecule has 0 saturated heterocycles. The molecule has 2 aromatic carbocycles. The molecular formula is C21H20Cl3N5O. The van der Waals surface area contributed by atoms with Gasteiger partial charge in [0.15, 0.2) is 12.0 Å². The second-order valence-electron chi connectivity index (χ2n) is 7.29. The van der Waals surface area contributed by atoms with Gasteiger partial charge in [-0.1, -0.05) is 40.9 Å². The van der Waals surface area contributed by atoms with Crippen molar-refractivity contribution in [2.45, 2.75) is 25.4 Å². The largest absolute Gasteiger partial charge is 0.370 e. The number of rotatable bonds is 3. The van der Waals surface area contributed by atoms with Crippen LogP contribution >= 0.6 is 34.8 Å². The van der Waals surface area contributed by atoms with Gasteiger partial charge < -0.3 is 21.4 Å². The van der Waals surface area contributed by atoms with Crippen LogP contribution in [0.25, 0.3) is 10.9 Å². The van der Waals surface area contributed by atoms with E-state index in [2.05, 4.69) is 9.98 Å². The average molecular weight is 465 g/mol. The number of nitrogens with zero attached hydrogens (tertiary/aromatic N) is 2. The van der Waals surface area contributed by atoms with Crippen molar-refractivity contribution in [1.82, 2.24) is 9.88 Å². The van der Waals surface area contributed by atoms with Crippen LogP contribution in [0.1, 0.15) is 35.8 Å². The van der Waals surface area contributed by atoms with Crippen LogP contribution in [0.3, 0.4) is 0 Å². The number of nitrogens with two attached hydrogens (primary N) is 2. The summed E-state index contributed by atoms with van der Waals surface area (Å²) in [5.74, 6) is -0.387. The fraction of sp³-hybridized carbons (Fsp3) is 0.238. The van der Waals surface area contributed by atoms with Crippen LogP contribution < -0.4 is 11.5 Å². The van der Waals surface area contributed by atoms with Gasteiger partial charge in [-0.3, -0.25) is 4.79 Å². The van der Waals surface area contributed by atoms with Crippen molar-refractivity contribution in [3.05, 3.63) is 68.3 Å². The summed E-state index contributed by atoms with van der Waals surface area (Å²) in [6.07, 6.45) is 0.696. The lowest BCUT2D eigenvalue weighted by Gasteiger charge is -2.35. The number of aliphatic imine (C=N–C) groups is 1. The molecule has 0 radical (unpaired) electrons. The summed E-state index contributed by atoms with van der Waals surface area (Å²) in [5.41, 5.74) is 15.0. The fourth-order valence-electron chi connectivity index (χ4n) is 4.01. The van der Waals surface area contributed by atoms with Gasteiger partial charge >= 0.3 is 0 Å². The summed E-state index contributed by atoms with van der Waals surface area (Å²) in [6, 6.07) is 9.60. The van der Waals surface area contributed by atoms with Gasteiger partial charge in [0.1, 0.15) is 0 Å². The number of hydrogen-bond donors (Lipinski definition) is 3. The van der Waals surface area contributed by atoms with Crippen molar-refractivity contribution in [1.29, 1.82) is 0 Å². The molecule has 1 aliphatic heterocycles. The third-order valence-corrected chi connectivity index (χ3v) is 6.42. The summed E-state index contributed by atoms with van der Waals surface area (Å²) in [4.78, 5) is 22.9. The molecule has 0 spiro atoms. The number of carbonyl (C=O) groups excluding carboxylic acids is 1. The van der Waals surface area contributed by atoms with E-state index in [1.54, 1.807) is 23.1 Å². The Balaban J connectivity index is 1.71. The number of amides is 1. The lowest BCUT2D eigenvalue weighted by atomic mass is 9.96. The van der Waals surface area contributed by atoms with Crippen LogP contribution in [-0.2, 0) is 11.2 Å². The Labute approximate surface area is 188 Å². The normalized spacial score (nSPS) is 16.9. The number of nitrogens with one attached hydrogen (secondary N) is 1. The van der Waals surface area contributed by atoms with E-state index >= 15 is 0 Å². The molecule has 1 amide bonds. The van der Waals surface area contributed by atoms with E-state index in [1.165, 1.54) is 5.56 Å². The second-order valence-corrected chi connectivity index (χ2v) is 8.55. The fourth-order valence-corrected chi connectivity index (χ4v) is 4.49. The first-order chi connectivity index (χ1) is 14.3. The standard InChI is InChI=1S/C21H20Cl3N5O/c1-10-18-13(14-9-12(22)3-5-17(14)27-18)6-7-29(10)20(30)19(28-21(25)26)11-2-4-15(23)16(24)8-11/h2-5,8-10,19,27H,6-7H2,1H3,(H4,25,26,28). The minimum Gasteiger partial charge on any atom is -0.370 e. The predicted molar refractivity (Wildman–Crippen MR) is 122 cm³/mol. The maximum absolute atomic E-state index is 13.5. The zero-order valence-corrected chi connectivity index (χ0v) is 18.4. The number of hydrogen-bond acceptors (Lipinski definition) is 2. The summed E-state index contributed by atoms with van der Waals surface area (Å²) < 4.78 is 0. The maximum atomic E-state index is 13.5. The van der Waals surface area contributed by atoms with Crippen molar-refractivity contribution < 1.29 is 4.79 Å². The Morgan fingerprint density at radius 3 is 2.63 bits per heavy atom. The molecule has 0 aliphatic carbocycles. The molecule has 0 fully saturated rings. The summed E-state index contributed by atoms with van der Waals surface area (Å²) in [6.45, 7) is 2.51. The van der Waals surface area contributed by atoms with E-state index in [0.717, 1.165) is 16.6 Å². The van der Waals surface area contributed by atoms with Gasteiger partial charge in [-0.2, -0.15) is 0 Å². The third-order valence-electron chi connectivity index (χ3n) is 5.44. The Kier molecular flexibility index (Phi) is 5.57. The van der Waals surface area contributed by atoms with E-state index in [9.17, 15) is 4.79 Å². The van der Waals surface area contributed by atoms with Crippen molar-refractivity contribution in [2.24, 2.45) is 16.5 Å². The highest BCUT2D eigenvalue weighted by Gasteiger charge is 2.34. The van der Waals surface area contributed by atoms with Gasteiger partial charge in [-0.15, -0.1) is 0 Å². The van der Waals surface area contributed by atoms with E-state index in [4.69, 9.17) is 46.3 Å². The highest BCUT2D eigenvalue weighted by Crippen LogP contribution is 2.37. The lowest BCUT2D eigenvalue weighted by molar-refractivity contribution is -0.135. The molecule has 156 valence electrons. The minimum absolute atomic E-state index is 0.176. The van der Waals surface area contributed by atoms with E-state index in [-0.39, 0.29) is 17.9 Å². The number of aromatic amines is 1. The van der Waals surface area contributed by atoms with Gasteiger partial charge in [0.25, 0.3) is 5.91 Å². The molecule has 2 atom stereocenters. The van der Waals surface area contributed by atoms with E-state index in [1.807, 2.05) is 25.1 Å². The second kappa shape index (κ2) is 8.02. The molecule has 0 saturated carbocycles. The van der Waals surface area contributed by atoms with Gasteiger partial charge in [0.05, 0.1) is 16.1 Å². The number of benzene rings is 2. The average Bonchev–Trinajstić information content (AvgIpc) is 3.07. The van der Waals surface area contributed by atoms with E-state index < -0.39 is 6.04 Å². The van der Waals surface area contributed by atoms with Gasteiger partial charge in [-0.05, 0) is 54.8 Å². The Morgan fingerprint density at radius 1 is 1.17 bits per heavy atom. The van der Waals surface area contributed by atoms with Crippen molar-refractivity contribution in [3.8, 4) is 0 Å². The van der Waals surface area contributed by atoms with Gasteiger partial charge in [0, 0.05) is 28.2 Å².